The van der Waals surface area contributed by atoms with E-state index in [-0.39, 0.29) is 18.3 Å². The number of aliphatic carboxylic acids is 1. The van der Waals surface area contributed by atoms with Crippen LogP contribution in [0, 0.1) is 26.6 Å². The van der Waals surface area contributed by atoms with Gasteiger partial charge in [0.1, 0.15) is 17.3 Å². The van der Waals surface area contributed by atoms with Crippen molar-refractivity contribution in [2.24, 2.45) is 0 Å². The number of nitrogens with one attached hydrogen (secondary N) is 1. The molecule has 0 radical (unpaired) electrons. The first-order chi connectivity index (χ1) is 16.9. The molecule has 192 valence electrons. The number of hydrogen-bond donors (Lipinski definition) is 2. The van der Waals surface area contributed by atoms with E-state index in [9.17, 15) is 19.1 Å². The van der Waals surface area contributed by atoms with Crippen LogP contribution in [-0.4, -0.2) is 46.1 Å². The highest BCUT2D eigenvalue weighted by Gasteiger charge is 2.30. The van der Waals surface area contributed by atoms with Crippen molar-refractivity contribution in [1.29, 1.82) is 0 Å². The van der Waals surface area contributed by atoms with Gasteiger partial charge in [-0.05, 0) is 75.6 Å². The van der Waals surface area contributed by atoms with Crippen LogP contribution in [0.3, 0.4) is 0 Å². The van der Waals surface area contributed by atoms with E-state index in [1.54, 1.807) is 26.1 Å². The van der Waals surface area contributed by atoms with Crippen molar-refractivity contribution in [2.75, 3.05) is 13.6 Å². The maximum absolute atomic E-state index is 13.3. The minimum absolute atomic E-state index is 0.136. The predicted molar refractivity (Wildman–Crippen MR) is 133 cm³/mol. The van der Waals surface area contributed by atoms with Crippen LogP contribution in [0.15, 0.2) is 40.8 Å². The first-order valence-electron chi connectivity index (χ1n) is 11.6. The SMILES string of the molecule is CNC(=O)CN(Cc1cc(C)c(OC(C)(C)C(=O)O)c(C)c1)Cc1nc(-c2ccc(F)cc2)oc1C. The molecule has 1 amide bonds. The molecule has 36 heavy (non-hydrogen) atoms. The van der Waals surface area contributed by atoms with Crippen molar-refractivity contribution in [3.05, 3.63) is 70.4 Å². The molecule has 2 aromatic carbocycles. The van der Waals surface area contributed by atoms with Crippen LogP contribution in [0.4, 0.5) is 4.39 Å². The second-order valence-corrected chi connectivity index (χ2v) is 9.32. The molecule has 0 atom stereocenters. The summed E-state index contributed by atoms with van der Waals surface area (Å²) in [5.74, 6) is -0.00989. The second-order valence-electron chi connectivity index (χ2n) is 9.32. The van der Waals surface area contributed by atoms with Gasteiger partial charge in [0.25, 0.3) is 0 Å². The number of likely N-dealkylation sites (N-methyl/N-ethyl adjacent to an activating group) is 1. The Morgan fingerprint density at radius 3 is 2.28 bits per heavy atom. The fourth-order valence-electron chi connectivity index (χ4n) is 3.80. The molecule has 0 fully saturated rings. The van der Waals surface area contributed by atoms with Crippen molar-refractivity contribution in [2.45, 2.75) is 53.3 Å². The highest BCUT2D eigenvalue weighted by atomic mass is 19.1. The molecule has 0 aliphatic heterocycles. The Morgan fingerprint density at radius 1 is 1.11 bits per heavy atom. The van der Waals surface area contributed by atoms with Gasteiger partial charge in [0.05, 0.1) is 12.2 Å². The number of halogens is 1. The van der Waals surface area contributed by atoms with Gasteiger partial charge in [-0.15, -0.1) is 0 Å². The summed E-state index contributed by atoms with van der Waals surface area (Å²) in [4.78, 5) is 30.3. The molecule has 0 saturated heterocycles. The Labute approximate surface area is 210 Å². The fraction of sp³-hybridized carbons (Fsp3) is 0.370. The smallest absolute Gasteiger partial charge is 0.347 e. The number of oxazole rings is 1. The largest absolute Gasteiger partial charge is 0.478 e. The van der Waals surface area contributed by atoms with Crippen LogP contribution < -0.4 is 10.1 Å². The second kappa shape index (κ2) is 10.9. The molecule has 2 N–H and O–H groups in total. The Kier molecular flexibility index (Phi) is 8.14. The van der Waals surface area contributed by atoms with Crippen molar-refractivity contribution < 1.29 is 28.2 Å². The summed E-state index contributed by atoms with van der Waals surface area (Å²) in [7, 11) is 1.58. The van der Waals surface area contributed by atoms with Gasteiger partial charge < -0.3 is 19.6 Å². The third-order valence-corrected chi connectivity index (χ3v) is 5.80. The molecule has 3 aromatic rings. The number of hydrogen-bond acceptors (Lipinski definition) is 6. The van der Waals surface area contributed by atoms with Gasteiger partial charge in [-0.3, -0.25) is 9.69 Å². The summed E-state index contributed by atoms with van der Waals surface area (Å²) in [5, 5.41) is 12.1. The minimum atomic E-state index is -1.37. The van der Waals surface area contributed by atoms with Crippen molar-refractivity contribution >= 4 is 11.9 Å². The van der Waals surface area contributed by atoms with E-state index in [4.69, 9.17) is 9.15 Å². The normalized spacial score (nSPS) is 11.6. The molecule has 0 bridgehead atoms. The minimum Gasteiger partial charge on any atom is -0.478 e. The highest BCUT2D eigenvalue weighted by molar-refractivity contribution is 5.77. The molecule has 0 unspecified atom stereocenters. The van der Waals surface area contributed by atoms with Gasteiger partial charge in [0, 0.05) is 25.7 Å². The number of carbonyl (C=O) groups is 2. The van der Waals surface area contributed by atoms with Gasteiger partial charge >= 0.3 is 5.97 Å². The molecule has 0 saturated carbocycles. The van der Waals surface area contributed by atoms with Crippen LogP contribution in [-0.2, 0) is 22.7 Å². The number of nitrogens with zero attached hydrogens (tertiary/aromatic N) is 2. The van der Waals surface area contributed by atoms with Gasteiger partial charge in [-0.1, -0.05) is 12.1 Å². The summed E-state index contributed by atoms with van der Waals surface area (Å²) >= 11 is 0. The number of benzene rings is 2. The number of carboxylic acid groups (broad SMARTS) is 1. The number of ether oxygens (including phenoxy) is 1. The average molecular weight is 498 g/mol. The molecular weight excluding hydrogens is 465 g/mol. The third-order valence-electron chi connectivity index (χ3n) is 5.80. The van der Waals surface area contributed by atoms with Crippen LogP contribution in [0.1, 0.15) is 42.0 Å². The lowest BCUT2D eigenvalue weighted by atomic mass is 10.0. The Hall–Kier alpha value is -3.72. The molecule has 0 aliphatic rings. The molecule has 0 aliphatic carbocycles. The summed E-state index contributed by atoms with van der Waals surface area (Å²) in [6.45, 7) is 9.48. The summed E-state index contributed by atoms with van der Waals surface area (Å²) < 4.78 is 24.9. The molecule has 3 rings (SSSR count). The Balaban J connectivity index is 1.85. The Bertz CT molecular complexity index is 1230. The number of amides is 1. The first-order valence-corrected chi connectivity index (χ1v) is 11.6. The number of carboxylic acids is 1. The van der Waals surface area contributed by atoms with Crippen molar-refractivity contribution in [3.8, 4) is 17.2 Å². The topological polar surface area (TPSA) is 105 Å². The van der Waals surface area contributed by atoms with Crippen LogP contribution in [0.2, 0.25) is 0 Å². The van der Waals surface area contributed by atoms with Crippen molar-refractivity contribution in [1.82, 2.24) is 15.2 Å². The molecule has 0 spiro atoms. The van der Waals surface area contributed by atoms with Gasteiger partial charge in [0.2, 0.25) is 11.8 Å². The third kappa shape index (κ3) is 6.48. The molecular formula is C27H32FN3O5. The average Bonchev–Trinajstić information content (AvgIpc) is 3.16. The van der Waals surface area contributed by atoms with Crippen molar-refractivity contribution in [3.63, 3.8) is 0 Å². The Morgan fingerprint density at radius 2 is 1.72 bits per heavy atom. The first kappa shape index (κ1) is 26.9. The van der Waals surface area contributed by atoms with Gasteiger partial charge in [-0.25, -0.2) is 14.2 Å². The lowest BCUT2D eigenvalue weighted by Crippen LogP contribution is -2.38. The standard InChI is InChI=1S/C27H32FN3O5/c1-16-11-19(12-17(2)24(16)36-27(4,5)26(33)34)13-31(15-23(32)29-6)14-22-18(3)35-25(30-22)20-7-9-21(28)10-8-20/h7-12H,13-15H2,1-6H3,(H,29,32)(H,33,34). The highest BCUT2D eigenvalue weighted by Crippen LogP contribution is 2.30. The molecule has 1 heterocycles. The monoisotopic (exact) mass is 497 g/mol. The van der Waals surface area contributed by atoms with Gasteiger partial charge in [-0.2, -0.15) is 0 Å². The van der Waals surface area contributed by atoms with E-state index in [1.807, 2.05) is 30.9 Å². The summed E-state index contributed by atoms with van der Waals surface area (Å²) in [6, 6.07) is 9.76. The lowest BCUT2D eigenvalue weighted by molar-refractivity contribution is -0.152. The number of rotatable bonds is 10. The number of carbonyl (C=O) groups excluding carboxylic acids is 1. The quantitative estimate of drug-likeness (QED) is 0.428. The fourth-order valence-corrected chi connectivity index (χ4v) is 3.80. The number of aryl methyl sites for hydroxylation is 3. The lowest BCUT2D eigenvalue weighted by Gasteiger charge is -2.25. The maximum Gasteiger partial charge on any atom is 0.347 e. The van der Waals surface area contributed by atoms with E-state index in [0.29, 0.717) is 41.7 Å². The predicted octanol–water partition coefficient (Wildman–Crippen LogP) is 4.40. The summed E-state index contributed by atoms with van der Waals surface area (Å²) in [6.07, 6.45) is 0. The number of aromatic nitrogens is 1. The van der Waals surface area contributed by atoms with E-state index >= 15 is 0 Å². The zero-order valence-corrected chi connectivity index (χ0v) is 21.4. The van der Waals surface area contributed by atoms with E-state index in [2.05, 4.69) is 10.3 Å². The molecule has 8 nitrogen and oxygen atoms in total. The zero-order valence-electron chi connectivity index (χ0n) is 21.4. The molecule has 1 aromatic heterocycles. The van der Waals surface area contributed by atoms with Gasteiger partial charge in [0.15, 0.2) is 5.60 Å². The summed E-state index contributed by atoms with van der Waals surface area (Å²) in [5.41, 5.74) is 2.51. The van der Waals surface area contributed by atoms with Crippen LogP contribution >= 0.6 is 0 Å². The van der Waals surface area contributed by atoms with E-state index in [1.165, 1.54) is 26.0 Å². The molecule has 9 heteroatoms. The van der Waals surface area contributed by atoms with E-state index in [0.717, 1.165) is 16.7 Å². The van der Waals surface area contributed by atoms with Crippen LogP contribution in [0.25, 0.3) is 11.5 Å². The van der Waals surface area contributed by atoms with Crippen LogP contribution in [0.5, 0.6) is 5.75 Å². The maximum atomic E-state index is 13.3. The zero-order chi connectivity index (χ0) is 26.6. The van der Waals surface area contributed by atoms with E-state index < -0.39 is 11.6 Å².